The molecule has 0 saturated carbocycles. The highest BCUT2D eigenvalue weighted by atomic mass is 35.5. The Labute approximate surface area is 111 Å². The zero-order chi connectivity index (χ0) is 13.7. The molecular weight excluding hydrogens is 258 g/mol. The predicted molar refractivity (Wildman–Crippen MR) is 69.1 cm³/mol. The van der Waals surface area contributed by atoms with E-state index in [9.17, 15) is 4.79 Å². The number of ether oxygens (including phenoxy) is 3. The molecule has 18 heavy (non-hydrogen) atoms. The predicted octanol–water partition coefficient (Wildman–Crippen LogP) is 1.90. The first kappa shape index (κ1) is 14.6. The maximum atomic E-state index is 11.9. The lowest BCUT2D eigenvalue weighted by molar-refractivity contribution is 0.0982. The Balaban J connectivity index is 3.42. The number of Topliss-reactive ketones (excluding diaryl/α,β-unsaturated/α-hetero) is 1. The highest BCUT2D eigenvalue weighted by molar-refractivity contribution is 6.34. The van der Waals surface area contributed by atoms with Crippen molar-refractivity contribution in [2.75, 3.05) is 27.9 Å². The quantitative estimate of drug-likeness (QED) is 0.802. The maximum Gasteiger partial charge on any atom is 0.183 e. The van der Waals surface area contributed by atoms with E-state index in [1.165, 1.54) is 21.3 Å². The van der Waals surface area contributed by atoms with Gasteiger partial charge >= 0.3 is 0 Å². The molecule has 2 N–H and O–H groups in total. The molecular formula is C12H16ClNO4. The van der Waals surface area contributed by atoms with E-state index in [4.69, 9.17) is 31.5 Å². The van der Waals surface area contributed by atoms with Crippen molar-refractivity contribution in [2.24, 2.45) is 5.73 Å². The van der Waals surface area contributed by atoms with Gasteiger partial charge in [0.2, 0.25) is 0 Å². The van der Waals surface area contributed by atoms with Crippen molar-refractivity contribution in [3.8, 4) is 17.2 Å². The van der Waals surface area contributed by atoms with Gasteiger partial charge in [0, 0.05) is 6.42 Å². The van der Waals surface area contributed by atoms with Crippen LogP contribution in [0.3, 0.4) is 0 Å². The number of ketones is 1. The number of halogens is 1. The van der Waals surface area contributed by atoms with E-state index >= 15 is 0 Å². The van der Waals surface area contributed by atoms with Crippen LogP contribution >= 0.6 is 11.6 Å². The number of carbonyl (C=O) groups is 1. The second-order valence-corrected chi connectivity index (χ2v) is 3.85. The van der Waals surface area contributed by atoms with Crippen molar-refractivity contribution in [3.63, 3.8) is 0 Å². The molecule has 0 aliphatic heterocycles. The molecule has 1 aromatic carbocycles. The largest absolute Gasteiger partial charge is 0.494 e. The van der Waals surface area contributed by atoms with Gasteiger partial charge < -0.3 is 19.9 Å². The van der Waals surface area contributed by atoms with Crippen molar-refractivity contribution in [2.45, 2.75) is 6.42 Å². The van der Waals surface area contributed by atoms with Crippen LogP contribution in [0.25, 0.3) is 0 Å². The molecule has 0 fully saturated rings. The topological polar surface area (TPSA) is 70.8 Å². The highest BCUT2D eigenvalue weighted by Crippen LogP contribution is 2.44. The van der Waals surface area contributed by atoms with E-state index in [-0.39, 0.29) is 29.5 Å². The molecule has 0 saturated heterocycles. The molecule has 0 bridgehead atoms. The molecule has 1 aromatic rings. The summed E-state index contributed by atoms with van der Waals surface area (Å²) in [4.78, 5) is 11.9. The number of rotatable bonds is 6. The highest BCUT2D eigenvalue weighted by Gasteiger charge is 2.22. The molecule has 0 atom stereocenters. The summed E-state index contributed by atoms with van der Waals surface area (Å²) in [6.07, 6.45) is 0.210. The van der Waals surface area contributed by atoms with Crippen LogP contribution in [0.2, 0.25) is 5.02 Å². The lowest BCUT2D eigenvalue weighted by atomic mass is 10.1. The third-order valence-corrected chi connectivity index (χ3v) is 2.79. The van der Waals surface area contributed by atoms with E-state index < -0.39 is 0 Å². The molecule has 0 heterocycles. The second-order valence-electron chi connectivity index (χ2n) is 3.47. The Morgan fingerprint density at radius 3 is 2.28 bits per heavy atom. The summed E-state index contributed by atoms with van der Waals surface area (Å²) >= 11 is 6.13. The summed E-state index contributed by atoms with van der Waals surface area (Å²) in [5, 5.41) is 0.208. The maximum absolute atomic E-state index is 11.9. The summed E-state index contributed by atoms with van der Waals surface area (Å²) in [6.45, 7) is 0.258. The Kier molecular flexibility index (Phi) is 5.25. The molecule has 0 aliphatic rings. The molecule has 1 rings (SSSR count). The van der Waals surface area contributed by atoms with E-state index in [0.717, 1.165) is 0 Å². The zero-order valence-corrected chi connectivity index (χ0v) is 11.3. The number of hydrogen-bond acceptors (Lipinski definition) is 5. The minimum absolute atomic E-state index is 0.155. The van der Waals surface area contributed by atoms with Gasteiger partial charge in [0.25, 0.3) is 0 Å². The standard InChI is InChI=1S/C12H16ClNO4/c1-16-9-6-7(8(15)4-5-14)11(17-2)10(13)12(9)18-3/h6H,4-5,14H2,1-3H3. The minimum Gasteiger partial charge on any atom is -0.494 e. The van der Waals surface area contributed by atoms with Gasteiger partial charge in [-0.1, -0.05) is 11.6 Å². The Morgan fingerprint density at radius 1 is 1.22 bits per heavy atom. The van der Waals surface area contributed by atoms with Gasteiger partial charge in [0.1, 0.15) is 5.02 Å². The lowest BCUT2D eigenvalue weighted by Crippen LogP contribution is -2.10. The minimum atomic E-state index is -0.155. The molecule has 6 heteroatoms. The number of nitrogens with two attached hydrogens (primary N) is 1. The Morgan fingerprint density at radius 2 is 1.83 bits per heavy atom. The number of carbonyl (C=O) groups excluding carboxylic acids is 1. The molecule has 100 valence electrons. The summed E-state index contributed by atoms with van der Waals surface area (Å²) in [6, 6.07) is 1.54. The van der Waals surface area contributed by atoms with Gasteiger partial charge in [0.05, 0.1) is 26.9 Å². The van der Waals surface area contributed by atoms with Gasteiger partial charge in [-0.05, 0) is 12.6 Å². The van der Waals surface area contributed by atoms with Crippen molar-refractivity contribution >= 4 is 17.4 Å². The van der Waals surface area contributed by atoms with Crippen LogP contribution in [0.15, 0.2) is 6.07 Å². The first-order chi connectivity index (χ1) is 8.60. The van der Waals surface area contributed by atoms with Gasteiger partial charge in [-0.25, -0.2) is 0 Å². The van der Waals surface area contributed by atoms with E-state index in [0.29, 0.717) is 17.1 Å². The third-order valence-electron chi connectivity index (χ3n) is 2.44. The van der Waals surface area contributed by atoms with Crippen LogP contribution in [0.1, 0.15) is 16.8 Å². The number of methoxy groups -OCH3 is 3. The summed E-state index contributed by atoms with van der Waals surface area (Å²) in [7, 11) is 4.37. The fourth-order valence-corrected chi connectivity index (χ4v) is 1.96. The second kappa shape index (κ2) is 6.47. The van der Waals surface area contributed by atoms with Crippen LogP contribution in [0.5, 0.6) is 17.2 Å². The van der Waals surface area contributed by atoms with Crippen molar-refractivity contribution in [1.29, 1.82) is 0 Å². The fourth-order valence-electron chi connectivity index (χ4n) is 1.61. The van der Waals surface area contributed by atoms with Gasteiger partial charge in [0.15, 0.2) is 23.0 Å². The molecule has 0 aliphatic carbocycles. The molecule has 0 aromatic heterocycles. The first-order valence-corrected chi connectivity index (χ1v) is 5.70. The molecule has 0 amide bonds. The average molecular weight is 274 g/mol. The smallest absolute Gasteiger partial charge is 0.183 e. The third kappa shape index (κ3) is 2.68. The SMILES string of the molecule is COc1cc(C(=O)CCN)c(OC)c(Cl)c1OC. The van der Waals surface area contributed by atoms with Crippen LogP contribution in [0, 0.1) is 0 Å². The van der Waals surface area contributed by atoms with Crippen molar-refractivity contribution in [3.05, 3.63) is 16.7 Å². The van der Waals surface area contributed by atoms with E-state index in [2.05, 4.69) is 0 Å². The summed E-state index contributed by atoms with van der Waals surface area (Å²) in [5.74, 6) is 0.828. The molecule has 0 radical (unpaired) electrons. The van der Waals surface area contributed by atoms with Crippen molar-refractivity contribution in [1.82, 2.24) is 0 Å². The van der Waals surface area contributed by atoms with Crippen LogP contribution in [-0.2, 0) is 0 Å². The Hall–Kier alpha value is -1.46. The van der Waals surface area contributed by atoms with Crippen molar-refractivity contribution < 1.29 is 19.0 Å². The van der Waals surface area contributed by atoms with Crippen LogP contribution in [0.4, 0.5) is 0 Å². The van der Waals surface area contributed by atoms with Crippen LogP contribution in [-0.4, -0.2) is 33.7 Å². The lowest BCUT2D eigenvalue weighted by Gasteiger charge is -2.15. The molecule has 5 nitrogen and oxygen atoms in total. The summed E-state index contributed by atoms with van der Waals surface area (Å²) in [5.41, 5.74) is 5.71. The normalized spacial score (nSPS) is 10.1. The van der Waals surface area contributed by atoms with Crippen LogP contribution < -0.4 is 19.9 Å². The fraction of sp³-hybridized carbons (Fsp3) is 0.417. The Bertz CT molecular complexity index is 448. The van der Waals surface area contributed by atoms with Gasteiger partial charge in [-0.3, -0.25) is 4.79 Å². The molecule has 0 spiro atoms. The first-order valence-electron chi connectivity index (χ1n) is 5.32. The van der Waals surface area contributed by atoms with Gasteiger partial charge in [-0.2, -0.15) is 0 Å². The van der Waals surface area contributed by atoms with E-state index in [1.807, 2.05) is 0 Å². The monoisotopic (exact) mass is 273 g/mol. The van der Waals surface area contributed by atoms with Gasteiger partial charge in [-0.15, -0.1) is 0 Å². The number of benzene rings is 1. The van der Waals surface area contributed by atoms with E-state index in [1.54, 1.807) is 6.07 Å². The average Bonchev–Trinajstić information content (AvgIpc) is 2.37. The zero-order valence-electron chi connectivity index (χ0n) is 10.6. The summed E-state index contributed by atoms with van der Waals surface area (Å²) < 4.78 is 15.4. The number of hydrogen-bond donors (Lipinski definition) is 1. The molecule has 0 unspecified atom stereocenters.